The van der Waals surface area contributed by atoms with Crippen LogP contribution in [-0.2, 0) is 4.74 Å². The molecule has 0 bridgehead atoms. The number of phenols is 1. The maximum absolute atomic E-state index is 14.1. The molecule has 0 spiro atoms. The van der Waals surface area contributed by atoms with Crippen molar-refractivity contribution in [2.45, 2.75) is 18.9 Å². The Bertz CT molecular complexity index is 1180. The summed E-state index contributed by atoms with van der Waals surface area (Å²) < 4.78 is 19.6. The first-order valence-electron chi connectivity index (χ1n) is 11.1. The minimum atomic E-state index is -1.04. The lowest BCUT2D eigenvalue weighted by atomic mass is 9.87. The molecule has 2 saturated heterocycles. The smallest absolute Gasteiger partial charge is 0.404 e. The number of fused-ring (bicyclic) bond motifs is 1. The minimum Gasteiger partial charge on any atom is -0.507 e. The van der Waals surface area contributed by atoms with E-state index in [1.165, 1.54) is 12.1 Å². The number of anilines is 1. The van der Waals surface area contributed by atoms with E-state index in [4.69, 9.17) is 9.72 Å². The maximum atomic E-state index is 14.1. The fourth-order valence-corrected chi connectivity index (χ4v) is 4.98. The Morgan fingerprint density at radius 3 is 2.79 bits per heavy atom. The van der Waals surface area contributed by atoms with Crippen molar-refractivity contribution in [3.63, 3.8) is 0 Å². The number of carboxylic acid groups (broad SMARTS) is 1. The number of nitrogens with one attached hydrogen (secondary N) is 1. The van der Waals surface area contributed by atoms with Crippen LogP contribution in [0.2, 0.25) is 0 Å². The van der Waals surface area contributed by atoms with Crippen molar-refractivity contribution in [2.75, 3.05) is 31.2 Å². The summed E-state index contributed by atoms with van der Waals surface area (Å²) >= 11 is 0. The topological polar surface area (TPSA) is 108 Å². The van der Waals surface area contributed by atoms with Gasteiger partial charge in [-0.25, -0.2) is 19.2 Å². The van der Waals surface area contributed by atoms with Gasteiger partial charge in [-0.05, 0) is 49.1 Å². The summed E-state index contributed by atoms with van der Waals surface area (Å²) in [5, 5.41) is 23.0. The molecule has 2 unspecified atom stereocenters. The molecule has 1 aromatic heterocycles. The number of aromatic hydroxyl groups is 1. The normalized spacial score (nSPS) is 21.4. The van der Waals surface area contributed by atoms with E-state index in [-0.39, 0.29) is 29.4 Å². The molecular weight excluding hydrogens is 427 g/mol. The van der Waals surface area contributed by atoms with Crippen molar-refractivity contribution in [2.24, 2.45) is 11.8 Å². The molecule has 1 amide bonds. The number of nitrogens with zero attached hydrogens (tertiary/aromatic N) is 3. The van der Waals surface area contributed by atoms with Crippen molar-refractivity contribution in [3.05, 3.63) is 48.3 Å². The van der Waals surface area contributed by atoms with Crippen LogP contribution in [-0.4, -0.2) is 58.6 Å². The van der Waals surface area contributed by atoms with Crippen LogP contribution in [0.1, 0.15) is 12.8 Å². The zero-order chi connectivity index (χ0) is 22.9. The molecule has 3 atom stereocenters. The van der Waals surface area contributed by atoms with E-state index in [2.05, 4.69) is 15.2 Å². The van der Waals surface area contributed by atoms with Crippen molar-refractivity contribution < 1.29 is 24.1 Å². The molecule has 172 valence electrons. The van der Waals surface area contributed by atoms with Gasteiger partial charge in [0.15, 0.2) is 5.82 Å². The summed E-state index contributed by atoms with van der Waals surface area (Å²) in [6.45, 7) is 2.41. The van der Waals surface area contributed by atoms with Gasteiger partial charge in [0.25, 0.3) is 0 Å². The molecule has 2 fully saturated rings. The van der Waals surface area contributed by atoms with E-state index in [1.807, 2.05) is 0 Å². The number of halogens is 1. The number of benzene rings is 2. The van der Waals surface area contributed by atoms with Gasteiger partial charge in [0.1, 0.15) is 17.4 Å². The molecule has 33 heavy (non-hydrogen) atoms. The van der Waals surface area contributed by atoms with Crippen molar-refractivity contribution in [3.8, 4) is 17.1 Å². The summed E-state index contributed by atoms with van der Waals surface area (Å²) in [6, 6.07) is 11.0. The lowest BCUT2D eigenvalue weighted by Crippen LogP contribution is -2.46. The molecule has 2 aliphatic heterocycles. The van der Waals surface area contributed by atoms with Crippen LogP contribution in [0.15, 0.2) is 42.5 Å². The van der Waals surface area contributed by atoms with Crippen LogP contribution in [0.3, 0.4) is 0 Å². The molecule has 8 nitrogen and oxygen atoms in total. The Balaban J connectivity index is 1.52. The Morgan fingerprint density at radius 2 is 2.03 bits per heavy atom. The van der Waals surface area contributed by atoms with Gasteiger partial charge >= 0.3 is 6.09 Å². The average molecular weight is 452 g/mol. The van der Waals surface area contributed by atoms with Gasteiger partial charge in [0.2, 0.25) is 0 Å². The van der Waals surface area contributed by atoms with Gasteiger partial charge in [-0.3, -0.25) is 0 Å². The third kappa shape index (κ3) is 4.28. The molecule has 0 aliphatic carbocycles. The highest BCUT2D eigenvalue weighted by atomic mass is 19.1. The SMILES string of the molecule is O=C(O)NC(C1CCOC1)[C@H]1CCN(c2nc(-c3ccccc3O)nc3ccc(F)cc23)C1. The van der Waals surface area contributed by atoms with E-state index in [1.54, 1.807) is 30.3 Å². The maximum Gasteiger partial charge on any atom is 0.404 e. The second-order valence-corrected chi connectivity index (χ2v) is 8.64. The molecule has 5 rings (SSSR count). The number of hydrogen-bond acceptors (Lipinski definition) is 6. The lowest BCUT2D eigenvalue weighted by Gasteiger charge is -2.28. The van der Waals surface area contributed by atoms with Crippen molar-refractivity contribution >= 4 is 22.8 Å². The number of hydrogen-bond donors (Lipinski definition) is 3. The first-order chi connectivity index (χ1) is 16.0. The van der Waals surface area contributed by atoms with E-state index in [0.717, 1.165) is 12.8 Å². The number of phenolic OH excluding ortho intramolecular Hbond substituents is 1. The molecule has 3 N–H and O–H groups in total. The Kier molecular flexibility index (Phi) is 5.72. The highest BCUT2D eigenvalue weighted by Crippen LogP contribution is 2.36. The number of rotatable bonds is 5. The van der Waals surface area contributed by atoms with E-state index < -0.39 is 6.09 Å². The third-order valence-electron chi connectivity index (χ3n) is 6.58. The standard InChI is InChI=1S/C24H25FN4O4/c25-16-5-6-19-18(11-16)23(28-22(26-19)17-3-1-2-4-20(17)30)29-9-7-14(12-29)21(27-24(31)32)15-8-10-33-13-15/h1-6,11,14-15,21,27,30H,7-10,12-13H2,(H,31,32)/t14-,15?,21?/m0/s1. The second-order valence-electron chi connectivity index (χ2n) is 8.64. The summed E-state index contributed by atoms with van der Waals surface area (Å²) in [7, 11) is 0. The van der Waals surface area contributed by atoms with Crippen molar-refractivity contribution in [1.29, 1.82) is 0 Å². The molecule has 2 aliphatic rings. The monoisotopic (exact) mass is 452 g/mol. The highest BCUT2D eigenvalue weighted by Gasteiger charge is 2.38. The van der Waals surface area contributed by atoms with Crippen molar-refractivity contribution in [1.82, 2.24) is 15.3 Å². The summed E-state index contributed by atoms with van der Waals surface area (Å²) in [4.78, 5) is 22.8. The highest BCUT2D eigenvalue weighted by molar-refractivity contribution is 5.91. The first kappa shape index (κ1) is 21.4. The van der Waals surface area contributed by atoms with Gasteiger partial charge in [-0.2, -0.15) is 0 Å². The van der Waals surface area contributed by atoms with Gasteiger partial charge < -0.3 is 25.2 Å². The van der Waals surface area contributed by atoms with E-state index in [0.29, 0.717) is 54.4 Å². The lowest BCUT2D eigenvalue weighted by molar-refractivity contribution is 0.154. The van der Waals surface area contributed by atoms with Crippen LogP contribution >= 0.6 is 0 Å². The third-order valence-corrected chi connectivity index (χ3v) is 6.58. The molecule has 9 heteroatoms. The first-order valence-corrected chi connectivity index (χ1v) is 11.1. The molecule has 0 radical (unpaired) electrons. The largest absolute Gasteiger partial charge is 0.507 e. The van der Waals surface area contributed by atoms with Crippen LogP contribution in [0.4, 0.5) is 15.0 Å². The quantitative estimate of drug-likeness (QED) is 0.542. The molecule has 3 heterocycles. The zero-order valence-electron chi connectivity index (χ0n) is 17.9. The fraction of sp³-hybridized carbons (Fsp3) is 0.375. The number of para-hydroxylation sites is 1. The summed E-state index contributed by atoms with van der Waals surface area (Å²) in [5.41, 5.74) is 1.07. The summed E-state index contributed by atoms with van der Waals surface area (Å²) in [6.07, 6.45) is 0.552. The zero-order valence-corrected chi connectivity index (χ0v) is 17.9. The number of carbonyl (C=O) groups is 1. The van der Waals surface area contributed by atoms with Crippen LogP contribution in [0, 0.1) is 17.7 Å². The average Bonchev–Trinajstić information content (AvgIpc) is 3.50. The minimum absolute atomic E-state index is 0.0659. The van der Waals surface area contributed by atoms with Crippen LogP contribution in [0.5, 0.6) is 5.75 Å². The predicted octanol–water partition coefficient (Wildman–Crippen LogP) is 3.64. The van der Waals surface area contributed by atoms with Gasteiger partial charge in [-0.1, -0.05) is 12.1 Å². The van der Waals surface area contributed by atoms with Crippen LogP contribution < -0.4 is 10.2 Å². The Labute approximate surface area is 190 Å². The molecule has 3 aromatic rings. The molecular formula is C24H25FN4O4. The van der Waals surface area contributed by atoms with Gasteiger partial charge in [0.05, 0.1) is 17.7 Å². The van der Waals surface area contributed by atoms with Gasteiger partial charge in [0, 0.05) is 37.0 Å². The molecule has 0 saturated carbocycles. The number of aromatic nitrogens is 2. The Hall–Kier alpha value is -3.46. The van der Waals surface area contributed by atoms with Gasteiger partial charge in [-0.15, -0.1) is 0 Å². The predicted molar refractivity (Wildman–Crippen MR) is 121 cm³/mol. The molecule has 2 aromatic carbocycles. The number of amides is 1. The summed E-state index contributed by atoms with van der Waals surface area (Å²) in [5.74, 6) is 0.817. The Morgan fingerprint density at radius 1 is 1.18 bits per heavy atom. The fourth-order valence-electron chi connectivity index (χ4n) is 4.98. The number of ether oxygens (including phenoxy) is 1. The second kappa shape index (κ2) is 8.82. The van der Waals surface area contributed by atoms with E-state index in [9.17, 15) is 19.4 Å². The van der Waals surface area contributed by atoms with E-state index >= 15 is 0 Å². The van der Waals surface area contributed by atoms with Crippen LogP contribution in [0.25, 0.3) is 22.3 Å².